The number of para-hydroxylation sites is 1. The van der Waals surface area contributed by atoms with Crippen molar-refractivity contribution in [2.45, 2.75) is 44.8 Å². The lowest BCUT2D eigenvalue weighted by Crippen LogP contribution is -2.25. The second-order valence-electron chi connectivity index (χ2n) is 6.83. The highest BCUT2D eigenvalue weighted by atomic mass is 35.5. The lowest BCUT2D eigenvalue weighted by Gasteiger charge is -2.26. The van der Waals surface area contributed by atoms with Crippen LogP contribution in [0, 0.1) is 10.1 Å². The summed E-state index contributed by atoms with van der Waals surface area (Å²) in [5.41, 5.74) is -1.35. The largest absolute Gasteiger partial charge is 0.388 e. The van der Waals surface area contributed by atoms with Gasteiger partial charge in [-0.3, -0.25) is 14.9 Å². The quantitative estimate of drug-likeness (QED) is 0.446. The Morgan fingerprint density at radius 2 is 1.93 bits per heavy atom. The number of rotatable bonds is 8. The number of nitrogens with one attached hydrogen (secondary N) is 1. The second kappa shape index (κ2) is 9.14. The predicted octanol–water partition coefficient (Wildman–Crippen LogP) is 4.32. The molecule has 2 rings (SSSR count). The number of aliphatic hydroxyl groups is 2. The van der Waals surface area contributed by atoms with Crippen molar-refractivity contribution >= 4 is 28.9 Å². The third-order valence-corrected chi connectivity index (χ3v) is 4.77. The molecule has 0 fully saturated rings. The fraction of sp³-hybridized carbons (Fsp3) is 0.350. The Hall–Kier alpha value is -2.48. The first-order valence-corrected chi connectivity index (χ1v) is 9.24. The first kappa shape index (κ1) is 21.8. The number of hydrogen-bond donors (Lipinski definition) is 3. The predicted molar refractivity (Wildman–Crippen MR) is 107 cm³/mol. The minimum atomic E-state index is -1.64. The van der Waals surface area contributed by atoms with E-state index >= 15 is 0 Å². The van der Waals surface area contributed by atoms with Crippen LogP contribution in [0.4, 0.5) is 11.4 Å². The summed E-state index contributed by atoms with van der Waals surface area (Å²) in [7, 11) is 0. The molecule has 2 unspecified atom stereocenters. The molecule has 8 heteroatoms. The summed E-state index contributed by atoms with van der Waals surface area (Å²) in [6, 6.07) is 11.8. The normalized spacial score (nSPS) is 14.2. The lowest BCUT2D eigenvalue weighted by atomic mass is 9.87. The molecule has 0 aliphatic carbocycles. The van der Waals surface area contributed by atoms with Crippen molar-refractivity contribution < 1.29 is 19.9 Å². The Kier molecular flexibility index (Phi) is 7.12. The number of carbonyl (C=O) groups is 1. The monoisotopic (exact) mass is 406 g/mol. The zero-order valence-corrected chi connectivity index (χ0v) is 16.4. The van der Waals surface area contributed by atoms with Gasteiger partial charge < -0.3 is 15.5 Å². The number of anilines is 1. The Bertz CT molecular complexity index is 853. The third kappa shape index (κ3) is 5.28. The topological polar surface area (TPSA) is 113 Å². The molecule has 1 amide bonds. The number of amides is 1. The molecule has 2 aromatic rings. The van der Waals surface area contributed by atoms with E-state index in [1.165, 1.54) is 26.0 Å². The van der Waals surface area contributed by atoms with Crippen LogP contribution in [0.5, 0.6) is 0 Å². The van der Waals surface area contributed by atoms with Gasteiger partial charge in [0.25, 0.3) is 5.69 Å². The van der Waals surface area contributed by atoms with Crippen molar-refractivity contribution in [3.8, 4) is 0 Å². The number of halogens is 1. The minimum absolute atomic E-state index is 0.0369. The molecule has 2 atom stereocenters. The lowest BCUT2D eigenvalue weighted by molar-refractivity contribution is -0.387. The molecular formula is C20H23ClN2O5. The van der Waals surface area contributed by atoms with Gasteiger partial charge in [0.15, 0.2) is 0 Å². The average molecular weight is 407 g/mol. The van der Waals surface area contributed by atoms with E-state index in [4.69, 9.17) is 11.6 Å². The van der Waals surface area contributed by atoms with Gasteiger partial charge in [0.05, 0.1) is 32.8 Å². The molecule has 0 spiro atoms. The van der Waals surface area contributed by atoms with Crippen molar-refractivity contribution in [3.05, 3.63) is 68.7 Å². The van der Waals surface area contributed by atoms with Crippen LogP contribution in [0.25, 0.3) is 0 Å². The molecule has 0 bridgehead atoms. The number of nitro benzene ring substituents is 1. The summed E-state index contributed by atoms with van der Waals surface area (Å²) in [5, 5.41) is 35.1. The number of hydrogen-bond acceptors (Lipinski definition) is 5. The fourth-order valence-corrected chi connectivity index (χ4v) is 3.45. The number of nitro groups is 1. The maximum Gasteiger partial charge on any atom is 0.282 e. The van der Waals surface area contributed by atoms with E-state index in [9.17, 15) is 25.1 Å². The summed E-state index contributed by atoms with van der Waals surface area (Å²) >= 11 is 6.16. The summed E-state index contributed by atoms with van der Waals surface area (Å²) < 4.78 is 0. The van der Waals surface area contributed by atoms with Crippen molar-refractivity contribution in [2.24, 2.45) is 0 Å². The highest BCUT2D eigenvalue weighted by molar-refractivity contribution is 6.31. The van der Waals surface area contributed by atoms with Crippen LogP contribution >= 0.6 is 11.6 Å². The molecule has 0 aliphatic rings. The van der Waals surface area contributed by atoms with Crippen LogP contribution in [0.15, 0.2) is 42.5 Å². The van der Waals surface area contributed by atoms with E-state index < -0.39 is 22.3 Å². The van der Waals surface area contributed by atoms with Crippen LogP contribution < -0.4 is 5.32 Å². The van der Waals surface area contributed by atoms with Crippen molar-refractivity contribution in [1.29, 1.82) is 0 Å². The Labute approximate surface area is 168 Å². The first-order chi connectivity index (χ1) is 13.1. The van der Waals surface area contributed by atoms with Gasteiger partial charge in [0.1, 0.15) is 0 Å². The van der Waals surface area contributed by atoms with E-state index in [1.54, 1.807) is 24.3 Å². The molecular weight excluding hydrogens is 384 g/mol. The number of aliphatic hydroxyl groups excluding tert-OH is 1. The molecule has 0 radical (unpaired) electrons. The molecule has 150 valence electrons. The highest BCUT2D eigenvalue weighted by Crippen LogP contribution is 2.42. The zero-order valence-electron chi connectivity index (χ0n) is 15.7. The minimum Gasteiger partial charge on any atom is -0.388 e. The Morgan fingerprint density at radius 1 is 1.29 bits per heavy atom. The maximum absolute atomic E-state index is 12.1. The van der Waals surface area contributed by atoms with Crippen molar-refractivity contribution in [3.63, 3.8) is 0 Å². The van der Waals surface area contributed by atoms with Crippen LogP contribution in [-0.4, -0.2) is 21.0 Å². The number of carbonyl (C=O) groups excluding carboxylic acids is 1. The molecule has 0 aliphatic heterocycles. The standard InChI is InChI=1S/C20H23ClN2O5/c1-13(24)15-10-11-16(21)18(19(15)23(27)28)20(2,26)12-6-9-17(25)22-14-7-4-3-5-8-14/h3-5,7-8,10-11,13,24,26H,6,9,12H2,1-2H3,(H,22,25). The summed E-state index contributed by atoms with van der Waals surface area (Å²) in [5.74, 6) is -0.222. The van der Waals surface area contributed by atoms with Gasteiger partial charge in [-0.2, -0.15) is 0 Å². The van der Waals surface area contributed by atoms with E-state index in [2.05, 4.69) is 5.32 Å². The smallest absolute Gasteiger partial charge is 0.282 e. The van der Waals surface area contributed by atoms with Gasteiger partial charge in [-0.05, 0) is 51.0 Å². The molecule has 0 heterocycles. The molecule has 28 heavy (non-hydrogen) atoms. The summed E-state index contributed by atoms with van der Waals surface area (Å²) in [4.78, 5) is 23.0. The van der Waals surface area contributed by atoms with Gasteiger partial charge in [-0.15, -0.1) is 0 Å². The fourth-order valence-electron chi connectivity index (χ4n) is 3.09. The van der Waals surface area contributed by atoms with Crippen molar-refractivity contribution in [2.75, 3.05) is 5.32 Å². The number of benzene rings is 2. The van der Waals surface area contributed by atoms with Gasteiger partial charge in [-0.1, -0.05) is 29.8 Å². The SMILES string of the molecule is CC(O)c1ccc(Cl)c(C(C)(O)CCCC(=O)Nc2ccccc2)c1[N+](=O)[O-]. The molecule has 2 aromatic carbocycles. The highest BCUT2D eigenvalue weighted by Gasteiger charge is 2.36. The van der Waals surface area contributed by atoms with Crippen LogP contribution in [0.1, 0.15) is 50.3 Å². The van der Waals surface area contributed by atoms with E-state index in [0.717, 1.165) is 0 Å². The average Bonchev–Trinajstić information content (AvgIpc) is 2.61. The summed E-state index contributed by atoms with van der Waals surface area (Å²) in [6.07, 6.45) is -0.590. The van der Waals surface area contributed by atoms with Crippen LogP contribution in [-0.2, 0) is 10.4 Å². The zero-order chi connectivity index (χ0) is 20.9. The number of nitrogens with zero attached hydrogens (tertiary/aromatic N) is 1. The molecule has 3 N–H and O–H groups in total. The third-order valence-electron chi connectivity index (χ3n) is 4.45. The second-order valence-corrected chi connectivity index (χ2v) is 7.24. The van der Waals surface area contributed by atoms with Gasteiger partial charge >= 0.3 is 0 Å². The van der Waals surface area contributed by atoms with E-state index in [1.807, 2.05) is 6.07 Å². The molecule has 0 saturated heterocycles. The molecule has 0 saturated carbocycles. The van der Waals surface area contributed by atoms with Crippen molar-refractivity contribution in [1.82, 2.24) is 0 Å². The Balaban J connectivity index is 2.15. The molecule has 0 aromatic heterocycles. The first-order valence-electron chi connectivity index (χ1n) is 8.86. The van der Waals surface area contributed by atoms with Crippen LogP contribution in [0.3, 0.4) is 0 Å². The van der Waals surface area contributed by atoms with E-state index in [0.29, 0.717) is 5.69 Å². The van der Waals surface area contributed by atoms with E-state index in [-0.39, 0.29) is 41.3 Å². The van der Waals surface area contributed by atoms with Gasteiger partial charge in [-0.25, -0.2) is 0 Å². The Morgan fingerprint density at radius 3 is 2.50 bits per heavy atom. The molecule has 7 nitrogen and oxygen atoms in total. The summed E-state index contributed by atoms with van der Waals surface area (Å²) in [6.45, 7) is 2.82. The maximum atomic E-state index is 12.1. The van der Waals surface area contributed by atoms with Gasteiger partial charge in [0, 0.05) is 12.1 Å². The van der Waals surface area contributed by atoms with Crippen LogP contribution in [0.2, 0.25) is 5.02 Å². The van der Waals surface area contributed by atoms with Gasteiger partial charge in [0.2, 0.25) is 5.91 Å².